The SMILES string of the molecule is COc1ccc(N2C(=O)N(c3c(C)cccc3C)C(C(C)C)c3cnc(Nc4ccc(C5CCN(C)CC5)cc4)nc32)nc1. The molecule has 0 radical (unpaired) electrons. The van der Waals surface area contributed by atoms with Gasteiger partial charge >= 0.3 is 6.03 Å². The number of rotatable bonds is 7. The van der Waals surface area contributed by atoms with Crippen LogP contribution in [0.5, 0.6) is 5.75 Å². The number of nitrogens with zero attached hydrogens (tertiary/aromatic N) is 6. The van der Waals surface area contributed by atoms with E-state index in [2.05, 4.69) is 60.4 Å². The fourth-order valence-electron chi connectivity index (χ4n) is 6.51. The second-order valence-corrected chi connectivity index (χ2v) is 12.3. The Labute approximate surface area is 259 Å². The van der Waals surface area contributed by atoms with Gasteiger partial charge in [-0.05, 0) is 99.6 Å². The van der Waals surface area contributed by atoms with Gasteiger partial charge in [0.05, 0.1) is 25.0 Å². The maximum absolute atomic E-state index is 14.6. The molecule has 1 saturated heterocycles. The van der Waals surface area contributed by atoms with Crippen LogP contribution in [0.4, 0.5) is 33.8 Å². The number of fused-ring (bicyclic) bond motifs is 1. The van der Waals surface area contributed by atoms with Crippen LogP contribution in [-0.4, -0.2) is 53.1 Å². The number of piperidine rings is 1. The lowest BCUT2D eigenvalue weighted by atomic mass is 9.89. The zero-order valence-electron chi connectivity index (χ0n) is 26.4. The maximum atomic E-state index is 14.6. The maximum Gasteiger partial charge on any atom is 0.336 e. The van der Waals surface area contributed by atoms with Crippen molar-refractivity contribution in [2.24, 2.45) is 5.92 Å². The molecule has 9 nitrogen and oxygen atoms in total. The highest BCUT2D eigenvalue weighted by atomic mass is 16.5. The van der Waals surface area contributed by atoms with Crippen molar-refractivity contribution in [1.82, 2.24) is 19.9 Å². The molecular weight excluding hydrogens is 550 g/mol. The number of urea groups is 1. The summed E-state index contributed by atoms with van der Waals surface area (Å²) in [6, 6.07) is 17.8. The van der Waals surface area contributed by atoms with Gasteiger partial charge in [0.2, 0.25) is 5.95 Å². The minimum Gasteiger partial charge on any atom is -0.495 e. The van der Waals surface area contributed by atoms with E-state index >= 15 is 0 Å². The Bertz CT molecular complexity index is 1610. The molecule has 228 valence electrons. The Hall–Kier alpha value is -4.50. The number of ether oxygens (including phenoxy) is 1. The number of hydrogen-bond acceptors (Lipinski definition) is 7. The number of aryl methyl sites for hydroxylation is 2. The minimum absolute atomic E-state index is 0.0946. The molecule has 6 rings (SSSR count). The minimum atomic E-state index is -0.269. The number of carbonyl (C=O) groups excluding carboxylic acids is 1. The highest BCUT2D eigenvalue weighted by molar-refractivity contribution is 6.11. The molecule has 2 aliphatic heterocycles. The van der Waals surface area contributed by atoms with Crippen molar-refractivity contribution < 1.29 is 9.53 Å². The fraction of sp³-hybridized carbons (Fsp3) is 0.371. The van der Waals surface area contributed by atoms with E-state index in [1.165, 1.54) is 18.4 Å². The number of methoxy groups -OCH3 is 1. The van der Waals surface area contributed by atoms with Crippen molar-refractivity contribution in [2.75, 3.05) is 42.4 Å². The summed E-state index contributed by atoms with van der Waals surface area (Å²) in [6.45, 7) is 10.6. The number of carbonyl (C=O) groups is 1. The number of likely N-dealkylation sites (tertiary alicyclic amines) is 1. The van der Waals surface area contributed by atoms with Crippen molar-refractivity contribution in [1.29, 1.82) is 0 Å². The van der Waals surface area contributed by atoms with E-state index in [0.29, 0.717) is 29.3 Å². The van der Waals surface area contributed by atoms with Gasteiger partial charge in [-0.15, -0.1) is 0 Å². The van der Waals surface area contributed by atoms with Gasteiger partial charge in [-0.3, -0.25) is 4.90 Å². The molecular formula is C35H41N7O2. The lowest BCUT2D eigenvalue weighted by molar-refractivity contribution is 0.246. The van der Waals surface area contributed by atoms with Crippen LogP contribution in [-0.2, 0) is 0 Å². The van der Waals surface area contributed by atoms with Crippen molar-refractivity contribution in [3.8, 4) is 5.75 Å². The Morgan fingerprint density at radius 1 is 0.932 bits per heavy atom. The summed E-state index contributed by atoms with van der Waals surface area (Å²) in [7, 11) is 3.78. The molecule has 1 N–H and O–H groups in total. The molecule has 0 aliphatic carbocycles. The molecule has 2 aliphatic rings. The molecule has 0 bridgehead atoms. The molecule has 1 fully saturated rings. The van der Waals surface area contributed by atoms with Crippen LogP contribution < -0.4 is 19.9 Å². The molecule has 1 unspecified atom stereocenters. The fourth-order valence-corrected chi connectivity index (χ4v) is 6.51. The number of hydrogen-bond donors (Lipinski definition) is 1. The first kappa shape index (κ1) is 29.6. The van der Waals surface area contributed by atoms with Gasteiger partial charge < -0.3 is 15.0 Å². The normalized spacial score (nSPS) is 17.6. The highest BCUT2D eigenvalue weighted by Crippen LogP contribution is 2.46. The summed E-state index contributed by atoms with van der Waals surface area (Å²) in [4.78, 5) is 34.8. The predicted molar refractivity (Wildman–Crippen MR) is 176 cm³/mol. The van der Waals surface area contributed by atoms with Gasteiger partial charge in [0.15, 0.2) is 5.82 Å². The quantitative estimate of drug-likeness (QED) is 0.238. The summed E-state index contributed by atoms with van der Waals surface area (Å²) < 4.78 is 5.35. The van der Waals surface area contributed by atoms with Crippen molar-refractivity contribution in [3.05, 3.63) is 89.2 Å². The summed E-state index contributed by atoms with van der Waals surface area (Å²) in [6.07, 6.45) is 5.82. The van der Waals surface area contributed by atoms with Crippen molar-refractivity contribution in [3.63, 3.8) is 0 Å². The van der Waals surface area contributed by atoms with Crippen LogP contribution in [0.25, 0.3) is 0 Å². The number of para-hydroxylation sites is 1. The number of anilines is 5. The summed E-state index contributed by atoms with van der Waals surface area (Å²) >= 11 is 0. The molecule has 2 amide bonds. The van der Waals surface area contributed by atoms with Gasteiger partial charge in [0.1, 0.15) is 11.6 Å². The number of amides is 2. The van der Waals surface area contributed by atoms with Crippen LogP contribution in [0.15, 0.2) is 67.0 Å². The van der Waals surface area contributed by atoms with Crippen LogP contribution >= 0.6 is 0 Å². The number of benzene rings is 2. The van der Waals surface area contributed by atoms with Gasteiger partial charge in [0.25, 0.3) is 0 Å². The third-order valence-electron chi connectivity index (χ3n) is 8.86. The van der Waals surface area contributed by atoms with E-state index in [1.54, 1.807) is 30.3 Å². The zero-order valence-corrected chi connectivity index (χ0v) is 26.4. The Kier molecular flexibility index (Phi) is 8.23. The first-order valence-corrected chi connectivity index (χ1v) is 15.4. The summed E-state index contributed by atoms with van der Waals surface area (Å²) in [5.74, 6) is 2.70. The molecule has 2 aromatic carbocycles. The van der Waals surface area contributed by atoms with E-state index < -0.39 is 0 Å². The molecule has 1 atom stereocenters. The second kappa shape index (κ2) is 12.2. The van der Waals surface area contributed by atoms with E-state index in [4.69, 9.17) is 14.7 Å². The van der Waals surface area contributed by atoms with E-state index in [9.17, 15) is 4.79 Å². The number of nitrogens with one attached hydrogen (secondary N) is 1. The number of pyridine rings is 1. The Balaban J connectivity index is 1.40. The molecule has 4 aromatic rings. The molecule has 44 heavy (non-hydrogen) atoms. The number of aromatic nitrogens is 3. The van der Waals surface area contributed by atoms with Crippen LogP contribution in [0, 0.1) is 19.8 Å². The van der Waals surface area contributed by atoms with Crippen molar-refractivity contribution >= 4 is 35.0 Å². The Morgan fingerprint density at radius 2 is 1.64 bits per heavy atom. The average molecular weight is 592 g/mol. The van der Waals surface area contributed by atoms with E-state index in [-0.39, 0.29) is 18.0 Å². The van der Waals surface area contributed by atoms with E-state index in [1.807, 2.05) is 43.1 Å². The van der Waals surface area contributed by atoms with Gasteiger partial charge in [-0.1, -0.05) is 44.2 Å². The van der Waals surface area contributed by atoms with Gasteiger partial charge in [-0.2, -0.15) is 4.98 Å². The lowest BCUT2D eigenvalue weighted by Crippen LogP contribution is -2.50. The highest BCUT2D eigenvalue weighted by Gasteiger charge is 2.43. The first-order valence-electron chi connectivity index (χ1n) is 15.4. The van der Waals surface area contributed by atoms with Gasteiger partial charge in [-0.25, -0.2) is 19.7 Å². The van der Waals surface area contributed by atoms with E-state index in [0.717, 1.165) is 41.2 Å². The third-order valence-corrected chi connectivity index (χ3v) is 8.86. The molecule has 0 spiro atoms. The largest absolute Gasteiger partial charge is 0.495 e. The monoisotopic (exact) mass is 591 g/mol. The van der Waals surface area contributed by atoms with Crippen LogP contribution in [0.1, 0.15) is 60.9 Å². The Morgan fingerprint density at radius 3 is 2.25 bits per heavy atom. The standard InChI is InChI=1S/C35H41N7O2/c1-22(2)31-29-21-37-34(38-27-12-10-25(11-13-27)26-16-18-40(5)19-17-26)39-33(29)41(30-15-14-28(44-6)20-36-30)35(43)42(31)32-23(3)8-7-9-24(32)4/h7-15,20-22,26,31H,16-19H2,1-6H3,(H,37,38,39). The van der Waals surface area contributed by atoms with Gasteiger partial charge in [0, 0.05) is 17.4 Å². The van der Waals surface area contributed by atoms with Crippen LogP contribution in [0.3, 0.4) is 0 Å². The first-order chi connectivity index (χ1) is 21.2. The zero-order chi connectivity index (χ0) is 31.0. The summed E-state index contributed by atoms with van der Waals surface area (Å²) in [5, 5.41) is 3.38. The predicted octanol–water partition coefficient (Wildman–Crippen LogP) is 7.53. The topological polar surface area (TPSA) is 86.7 Å². The van der Waals surface area contributed by atoms with Crippen molar-refractivity contribution in [2.45, 2.75) is 52.5 Å². The molecule has 9 heteroatoms. The molecule has 4 heterocycles. The lowest BCUT2D eigenvalue weighted by Gasteiger charge is -2.44. The smallest absolute Gasteiger partial charge is 0.336 e. The third kappa shape index (κ3) is 5.59. The van der Waals surface area contributed by atoms with Crippen LogP contribution in [0.2, 0.25) is 0 Å². The molecule has 2 aromatic heterocycles. The average Bonchev–Trinajstić information content (AvgIpc) is 3.02. The second-order valence-electron chi connectivity index (χ2n) is 12.3. The molecule has 0 saturated carbocycles. The summed E-state index contributed by atoms with van der Waals surface area (Å²) in [5.41, 5.74) is 6.07.